The van der Waals surface area contributed by atoms with Crippen LogP contribution in [0.2, 0.25) is 0 Å². The van der Waals surface area contributed by atoms with Gasteiger partial charge in [-0.15, -0.1) is 0 Å². The molecule has 1 N–H and O–H groups in total. The Balaban J connectivity index is 2.34. The molecule has 0 saturated carbocycles. The van der Waals surface area contributed by atoms with Gasteiger partial charge in [-0.25, -0.2) is 0 Å². The van der Waals surface area contributed by atoms with E-state index in [-0.39, 0.29) is 28.2 Å². The topological polar surface area (TPSA) is 115 Å². The lowest BCUT2D eigenvalue weighted by molar-refractivity contribution is -0.385. The predicted octanol–water partition coefficient (Wildman–Crippen LogP) is 3.63. The zero-order valence-corrected chi connectivity index (χ0v) is 13.1. The molecule has 0 fully saturated rings. The summed E-state index contributed by atoms with van der Waals surface area (Å²) >= 11 is 0. The Kier molecular flexibility index (Phi) is 4.88. The van der Waals surface area contributed by atoms with Crippen LogP contribution in [0.4, 0.5) is 17.1 Å². The molecule has 0 aliphatic heterocycles. The number of nitro benzene ring substituents is 2. The summed E-state index contributed by atoms with van der Waals surface area (Å²) in [6, 6.07) is 8.62. The van der Waals surface area contributed by atoms with Crippen molar-refractivity contribution in [3.8, 4) is 0 Å². The van der Waals surface area contributed by atoms with Gasteiger partial charge < -0.3 is 5.32 Å². The van der Waals surface area contributed by atoms with Crippen LogP contribution >= 0.6 is 0 Å². The molecule has 1 amide bonds. The van der Waals surface area contributed by atoms with Gasteiger partial charge in [0.05, 0.1) is 9.85 Å². The van der Waals surface area contributed by atoms with Crippen molar-refractivity contribution in [1.82, 2.24) is 0 Å². The van der Waals surface area contributed by atoms with E-state index in [1.165, 1.54) is 31.2 Å². The van der Waals surface area contributed by atoms with Gasteiger partial charge in [0, 0.05) is 34.5 Å². The van der Waals surface area contributed by atoms with Crippen LogP contribution in [-0.4, -0.2) is 15.8 Å². The number of anilines is 1. The monoisotopic (exact) mass is 329 g/mol. The number of nitro groups is 2. The summed E-state index contributed by atoms with van der Waals surface area (Å²) in [5.74, 6) is -0.560. The smallest absolute Gasteiger partial charge is 0.274 e. The number of carbonyl (C=O) groups excluding carboxylic acids is 1. The second-order valence-corrected chi connectivity index (χ2v) is 5.12. The number of rotatable bonds is 5. The Morgan fingerprint density at radius 3 is 2.33 bits per heavy atom. The molecular formula is C16H15N3O5. The van der Waals surface area contributed by atoms with E-state index in [2.05, 4.69) is 5.32 Å². The molecule has 0 aliphatic carbocycles. The molecule has 0 atom stereocenters. The van der Waals surface area contributed by atoms with Crippen molar-refractivity contribution in [3.63, 3.8) is 0 Å². The molecule has 0 aromatic heterocycles. The molecule has 8 nitrogen and oxygen atoms in total. The number of hydrogen-bond acceptors (Lipinski definition) is 5. The standard InChI is InChI=1S/C16H15N3O5/c1-3-11-7-8-12(9-15(11)19(23)24)17-16(20)13-5-4-6-14(10(13)2)18(21)22/h4-9H,3H2,1-2H3,(H,17,20). The fraction of sp³-hybridized carbons (Fsp3) is 0.188. The Labute approximate surface area is 137 Å². The van der Waals surface area contributed by atoms with Crippen LogP contribution in [0.3, 0.4) is 0 Å². The second kappa shape index (κ2) is 6.86. The maximum absolute atomic E-state index is 12.3. The van der Waals surface area contributed by atoms with E-state index in [1.54, 1.807) is 19.1 Å². The number of amides is 1. The zero-order valence-electron chi connectivity index (χ0n) is 13.1. The first kappa shape index (κ1) is 17.1. The SMILES string of the molecule is CCc1ccc(NC(=O)c2cccc([N+](=O)[O-])c2C)cc1[N+](=O)[O-]. The van der Waals surface area contributed by atoms with Crippen molar-refractivity contribution in [3.05, 3.63) is 73.3 Å². The molecule has 0 heterocycles. The molecule has 8 heteroatoms. The number of hydrogen-bond donors (Lipinski definition) is 1. The lowest BCUT2D eigenvalue weighted by atomic mass is 10.1. The Hall–Kier alpha value is -3.29. The van der Waals surface area contributed by atoms with Gasteiger partial charge in [-0.3, -0.25) is 25.0 Å². The van der Waals surface area contributed by atoms with E-state index in [1.807, 2.05) is 0 Å². The van der Waals surface area contributed by atoms with Gasteiger partial charge in [0.15, 0.2) is 0 Å². The van der Waals surface area contributed by atoms with Crippen LogP contribution in [0, 0.1) is 27.2 Å². The molecule has 0 radical (unpaired) electrons. The van der Waals surface area contributed by atoms with Crippen LogP contribution in [0.5, 0.6) is 0 Å². The summed E-state index contributed by atoms with van der Waals surface area (Å²) in [7, 11) is 0. The van der Waals surface area contributed by atoms with Gasteiger partial charge in [-0.05, 0) is 25.5 Å². The first-order valence-electron chi connectivity index (χ1n) is 7.17. The highest BCUT2D eigenvalue weighted by Crippen LogP contribution is 2.25. The van der Waals surface area contributed by atoms with Gasteiger partial charge in [-0.1, -0.05) is 19.1 Å². The van der Waals surface area contributed by atoms with Crippen molar-refractivity contribution < 1.29 is 14.6 Å². The largest absolute Gasteiger partial charge is 0.322 e. The van der Waals surface area contributed by atoms with E-state index < -0.39 is 15.8 Å². The molecule has 124 valence electrons. The summed E-state index contributed by atoms with van der Waals surface area (Å²) in [5.41, 5.74) is 0.964. The van der Waals surface area contributed by atoms with Crippen molar-refractivity contribution in [1.29, 1.82) is 0 Å². The van der Waals surface area contributed by atoms with Crippen LogP contribution < -0.4 is 5.32 Å². The molecule has 2 aromatic carbocycles. The van der Waals surface area contributed by atoms with Crippen molar-refractivity contribution >= 4 is 23.0 Å². The summed E-state index contributed by atoms with van der Waals surface area (Å²) in [5, 5.41) is 24.6. The average Bonchev–Trinajstić information content (AvgIpc) is 2.54. The fourth-order valence-corrected chi connectivity index (χ4v) is 2.38. The number of carbonyl (C=O) groups is 1. The summed E-state index contributed by atoms with van der Waals surface area (Å²) < 4.78 is 0. The summed E-state index contributed by atoms with van der Waals surface area (Å²) in [6.07, 6.45) is 0.495. The molecule has 24 heavy (non-hydrogen) atoms. The van der Waals surface area contributed by atoms with E-state index in [0.29, 0.717) is 12.0 Å². The van der Waals surface area contributed by atoms with Crippen molar-refractivity contribution in [2.45, 2.75) is 20.3 Å². The van der Waals surface area contributed by atoms with E-state index in [4.69, 9.17) is 0 Å². The molecule has 0 spiro atoms. The lowest BCUT2D eigenvalue weighted by Crippen LogP contribution is -2.14. The van der Waals surface area contributed by atoms with E-state index in [0.717, 1.165) is 0 Å². The second-order valence-electron chi connectivity index (χ2n) is 5.12. The molecule has 2 rings (SSSR count). The highest BCUT2D eigenvalue weighted by molar-refractivity contribution is 6.06. The van der Waals surface area contributed by atoms with Crippen LogP contribution in [-0.2, 0) is 6.42 Å². The van der Waals surface area contributed by atoms with E-state index >= 15 is 0 Å². The number of benzene rings is 2. The number of aryl methyl sites for hydroxylation is 1. The maximum atomic E-state index is 12.3. The number of nitrogens with one attached hydrogen (secondary N) is 1. The third-order valence-electron chi connectivity index (χ3n) is 3.67. The Morgan fingerprint density at radius 1 is 1.08 bits per heavy atom. The first-order valence-corrected chi connectivity index (χ1v) is 7.17. The molecule has 2 aromatic rings. The van der Waals surface area contributed by atoms with Crippen LogP contribution in [0.15, 0.2) is 36.4 Å². The maximum Gasteiger partial charge on any atom is 0.274 e. The Bertz CT molecular complexity index is 832. The van der Waals surface area contributed by atoms with Gasteiger partial charge in [0.2, 0.25) is 0 Å². The zero-order chi connectivity index (χ0) is 17.9. The van der Waals surface area contributed by atoms with Crippen molar-refractivity contribution in [2.75, 3.05) is 5.32 Å². The minimum atomic E-state index is -0.563. The molecule has 0 aliphatic rings. The average molecular weight is 329 g/mol. The highest BCUT2D eigenvalue weighted by atomic mass is 16.6. The summed E-state index contributed by atoms with van der Waals surface area (Å²) in [6.45, 7) is 3.28. The molecule has 0 unspecified atom stereocenters. The van der Waals surface area contributed by atoms with Crippen molar-refractivity contribution in [2.24, 2.45) is 0 Å². The minimum Gasteiger partial charge on any atom is -0.322 e. The first-order chi connectivity index (χ1) is 11.3. The fourth-order valence-electron chi connectivity index (χ4n) is 2.38. The molecule has 0 saturated heterocycles. The van der Waals surface area contributed by atoms with Gasteiger partial charge in [0.1, 0.15) is 0 Å². The minimum absolute atomic E-state index is 0.0777. The normalized spacial score (nSPS) is 10.2. The quantitative estimate of drug-likeness (QED) is 0.664. The summed E-state index contributed by atoms with van der Waals surface area (Å²) in [4.78, 5) is 33.3. The lowest BCUT2D eigenvalue weighted by Gasteiger charge is -2.09. The number of nitrogens with zero attached hydrogens (tertiary/aromatic N) is 2. The third kappa shape index (κ3) is 3.37. The third-order valence-corrected chi connectivity index (χ3v) is 3.67. The van der Waals surface area contributed by atoms with Gasteiger partial charge in [-0.2, -0.15) is 0 Å². The molecular weight excluding hydrogens is 314 g/mol. The van der Waals surface area contributed by atoms with Gasteiger partial charge in [0.25, 0.3) is 17.3 Å². The van der Waals surface area contributed by atoms with E-state index in [9.17, 15) is 25.0 Å². The van der Waals surface area contributed by atoms with Crippen LogP contribution in [0.1, 0.15) is 28.4 Å². The van der Waals surface area contributed by atoms with Crippen LogP contribution in [0.25, 0.3) is 0 Å². The van der Waals surface area contributed by atoms with Gasteiger partial charge >= 0.3 is 0 Å². The predicted molar refractivity (Wildman–Crippen MR) is 88.3 cm³/mol. The molecule has 0 bridgehead atoms. The Morgan fingerprint density at radius 2 is 1.75 bits per heavy atom. The highest BCUT2D eigenvalue weighted by Gasteiger charge is 2.19.